The Hall–Kier alpha value is -1.31. The van der Waals surface area contributed by atoms with Crippen molar-refractivity contribution in [2.75, 3.05) is 0 Å². The number of benzene rings is 1. The molecule has 0 aromatic heterocycles. The summed E-state index contributed by atoms with van der Waals surface area (Å²) in [7, 11) is 0. The monoisotopic (exact) mass is 370 g/mol. The molecule has 0 spiro atoms. The summed E-state index contributed by atoms with van der Waals surface area (Å²) in [6.07, 6.45) is 17.7. The molecule has 3 rings (SSSR count). The molecule has 150 valence electrons. The lowest BCUT2D eigenvalue weighted by Gasteiger charge is -2.12. The molecule has 2 fully saturated rings. The van der Waals surface area contributed by atoms with Crippen LogP contribution in [0.25, 0.3) is 0 Å². The van der Waals surface area contributed by atoms with E-state index in [9.17, 15) is 4.79 Å². The van der Waals surface area contributed by atoms with Gasteiger partial charge in [-0.1, -0.05) is 49.9 Å². The van der Waals surface area contributed by atoms with E-state index in [1.54, 1.807) is 0 Å². The number of ether oxygens (including phenoxy) is 1. The highest BCUT2D eigenvalue weighted by molar-refractivity contribution is 5.39. The number of aryl methyl sites for hydroxylation is 3. The summed E-state index contributed by atoms with van der Waals surface area (Å²) in [5.41, 5.74) is 5.08. The van der Waals surface area contributed by atoms with Gasteiger partial charge in [-0.05, 0) is 94.1 Å². The first kappa shape index (κ1) is 20.4. The first-order valence-corrected chi connectivity index (χ1v) is 11.2. The van der Waals surface area contributed by atoms with E-state index < -0.39 is 0 Å². The Balaban J connectivity index is 1.32. The van der Waals surface area contributed by atoms with E-state index in [1.165, 1.54) is 87.3 Å². The van der Waals surface area contributed by atoms with Gasteiger partial charge < -0.3 is 4.74 Å². The van der Waals surface area contributed by atoms with E-state index in [4.69, 9.17) is 4.74 Å². The van der Waals surface area contributed by atoms with Crippen molar-refractivity contribution in [2.45, 2.75) is 109 Å². The van der Waals surface area contributed by atoms with Crippen molar-refractivity contribution in [3.05, 3.63) is 34.9 Å². The van der Waals surface area contributed by atoms with E-state index in [1.807, 2.05) is 0 Å². The molecule has 2 saturated carbocycles. The minimum atomic E-state index is -0.0742. The normalized spacial score (nSPS) is 18.9. The average molecular weight is 371 g/mol. The molecule has 27 heavy (non-hydrogen) atoms. The van der Waals surface area contributed by atoms with Gasteiger partial charge in [-0.3, -0.25) is 4.79 Å². The zero-order valence-corrected chi connectivity index (χ0v) is 17.5. The number of unbranched alkanes of at least 4 members (excludes halogenated alkanes) is 4. The van der Waals surface area contributed by atoms with E-state index in [2.05, 4.69) is 32.0 Å². The van der Waals surface area contributed by atoms with Crippen molar-refractivity contribution < 1.29 is 9.53 Å². The summed E-state index contributed by atoms with van der Waals surface area (Å²) in [4.78, 5) is 10.5. The highest BCUT2D eigenvalue weighted by Gasteiger charge is 2.44. The molecule has 0 saturated heterocycles. The van der Waals surface area contributed by atoms with Gasteiger partial charge in [0.15, 0.2) is 0 Å². The molecule has 0 N–H and O–H groups in total. The van der Waals surface area contributed by atoms with Crippen LogP contribution < -0.4 is 0 Å². The molecule has 2 nitrogen and oxygen atoms in total. The number of carbonyl (C=O) groups excluding carboxylic acids is 1. The van der Waals surface area contributed by atoms with Gasteiger partial charge in [0.2, 0.25) is 0 Å². The third-order valence-electron chi connectivity index (χ3n) is 6.75. The molecule has 0 unspecified atom stereocenters. The zero-order chi connectivity index (χ0) is 19.2. The molecule has 0 radical (unpaired) electrons. The van der Waals surface area contributed by atoms with Crippen LogP contribution in [-0.4, -0.2) is 12.1 Å². The zero-order valence-electron chi connectivity index (χ0n) is 17.5. The quantitative estimate of drug-likeness (QED) is 0.269. The van der Waals surface area contributed by atoms with Gasteiger partial charge in [0.1, 0.15) is 5.60 Å². The van der Waals surface area contributed by atoms with Gasteiger partial charge in [-0.25, -0.2) is 0 Å². The molecule has 0 amide bonds. The lowest BCUT2D eigenvalue weighted by atomic mass is 9.96. The van der Waals surface area contributed by atoms with E-state index in [0.717, 1.165) is 24.7 Å². The first-order valence-electron chi connectivity index (χ1n) is 11.2. The van der Waals surface area contributed by atoms with Crippen LogP contribution in [0.3, 0.4) is 0 Å². The van der Waals surface area contributed by atoms with Crippen LogP contribution in [0.5, 0.6) is 0 Å². The third kappa shape index (κ3) is 6.97. The fourth-order valence-electron chi connectivity index (χ4n) is 4.38. The second kappa shape index (κ2) is 9.26. The van der Waals surface area contributed by atoms with Crippen molar-refractivity contribution in [3.63, 3.8) is 0 Å². The SMILES string of the molecule is Cc1cc(CCCCCC2(C)CC2)cc(CCCCCC2(OC=O)CC2)c1. The van der Waals surface area contributed by atoms with Gasteiger partial charge in [0.25, 0.3) is 6.47 Å². The summed E-state index contributed by atoms with van der Waals surface area (Å²) >= 11 is 0. The highest BCUT2D eigenvalue weighted by Crippen LogP contribution is 2.49. The fraction of sp³-hybridized carbons (Fsp3) is 0.720. The Bertz CT molecular complexity index is 611. The molecule has 0 heterocycles. The summed E-state index contributed by atoms with van der Waals surface area (Å²) in [6, 6.07) is 7.17. The van der Waals surface area contributed by atoms with Crippen LogP contribution in [0.15, 0.2) is 18.2 Å². The molecular weight excluding hydrogens is 332 g/mol. The molecule has 1 aromatic rings. The topological polar surface area (TPSA) is 26.3 Å². The Kier molecular flexibility index (Phi) is 7.00. The molecular formula is C25H38O2. The predicted octanol–water partition coefficient (Wildman–Crippen LogP) is 6.71. The average Bonchev–Trinajstić information content (AvgIpc) is 3.54. The minimum absolute atomic E-state index is 0.0742. The van der Waals surface area contributed by atoms with Gasteiger partial charge in [-0.15, -0.1) is 0 Å². The summed E-state index contributed by atoms with van der Waals surface area (Å²) in [5, 5.41) is 0. The minimum Gasteiger partial charge on any atom is -0.461 e. The van der Waals surface area contributed by atoms with Crippen LogP contribution in [0, 0.1) is 12.3 Å². The Morgan fingerprint density at radius 3 is 1.96 bits per heavy atom. The van der Waals surface area contributed by atoms with E-state index in [-0.39, 0.29) is 5.60 Å². The Labute approximate surface area is 166 Å². The van der Waals surface area contributed by atoms with Gasteiger partial charge >= 0.3 is 0 Å². The standard InChI is InChI=1S/C25H38O2/c1-21-17-22(9-5-3-7-11-24(2)13-14-24)19-23(18-21)10-6-4-8-12-25(15-16-25)27-20-26/h17-20H,3-16H2,1-2H3. The van der Waals surface area contributed by atoms with Crippen LogP contribution in [0.1, 0.15) is 101 Å². The molecule has 2 aliphatic rings. The van der Waals surface area contributed by atoms with Crippen LogP contribution in [0.2, 0.25) is 0 Å². The van der Waals surface area contributed by atoms with Crippen LogP contribution >= 0.6 is 0 Å². The molecule has 1 aromatic carbocycles. The van der Waals surface area contributed by atoms with Crippen molar-refractivity contribution in [3.8, 4) is 0 Å². The lowest BCUT2D eigenvalue weighted by Crippen LogP contribution is -2.12. The molecule has 0 atom stereocenters. The lowest BCUT2D eigenvalue weighted by molar-refractivity contribution is -0.135. The number of rotatable bonds is 14. The summed E-state index contributed by atoms with van der Waals surface area (Å²) in [6.45, 7) is 5.31. The smallest absolute Gasteiger partial charge is 0.293 e. The molecule has 2 heteroatoms. The van der Waals surface area contributed by atoms with Crippen molar-refractivity contribution in [2.24, 2.45) is 5.41 Å². The second-order valence-electron chi connectivity index (χ2n) is 9.66. The largest absolute Gasteiger partial charge is 0.461 e. The predicted molar refractivity (Wildman–Crippen MR) is 112 cm³/mol. The second-order valence-corrected chi connectivity index (χ2v) is 9.66. The van der Waals surface area contributed by atoms with Crippen molar-refractivity contribution in [1.82, 2.24) is 0 Å². The fourth-order valence-corrected chi connectivity index (χ4v) is 4.38. The van der Waals surface area contributed by atoms with Crippen molar-refractivity contribution >= 4 is 6.47 Å². The Morgan fingerprint density at radius 1 is 0.852 bits per heavy atom. The van der Waals surface area contributed by atoms with Gasteiger partial charge in [-0.2, -0.15) is 0 Å². The van der Waals surface area contributed by atoms with Crippen LogP contribution in [-0.2, 0) is 22.4 Å². The number of carbonyl (C=O) groups is 1. The van der Waals surface area contributed by atoms with Gasteiger partial charge in [0, 0.05) is 0 Å². The van der Waals surface area contributed by atoms with Crippen LogP contribution in [0.4, 0.5) is 0 Å². The summed E-state index contributed by atoms with van der Waals surface area (Å²) < 4.78 is 5.23. The highest BCUT2D eigenvalue weighted by atomic mass is 16.5. The number of hydrogen-bond donors (Lipinski definition) is 0. The maximum Gasteiger partial charge on any atom is 0.293 e. The van der Waals surface area contributed by atoms with Crippen molar-refractivity contribution in [1.29, 1.82) is 0 Å². The third-order valence-corrected chi connectivity index (χ3v) is 6.75. The molecule has 0 bridgehead atoms. The molecule has 0 aliphatic heterocycles. The Morgan fingerprint density at radius 2 is 1.44 bits per heavy atom. The van der Waals surface area contributed by atoms with E-state index >= 15 is 0 Å². The molecule has 2 aliphatic carbocycles. The first-order chi connectivity index (χ1) is 13.0. The summed E-state index contributed by atoms with van der Waals surface area (Å²) in [5.74, 6) is 0. The number of hydrogen-bond acceptors (Lipinski definition) is 2. The maximum absolute atomic E-state index is 10.5. The van der Waals surface area contributed by atoms with Gasteiger partial charge in [0.05, 0.1) is 0 Å². The van der Waals surface area contributed by atoms with E-state index in [0.29, 0.717) is 6.47 Å². The maximum atomic E-state index is 10.5.